The molecule has 2 aromatic rings. The Hall–Kier alpha value is -2.68. The second-order valence-corrected chi connectivity index (χ2v) is 6.21. The number of Topliss-reactive ketones (excluding diaryl/α,β-unsaturated/α-hetero) is 1. The third-order valence-electron chi connectivity index (χ3n) is 3.69. The first-order valence-corrected chi connectivity index (χ1v) is 7.85. The van der Waals surface area contributed by atoms with Gasteiger partial charge in [-0.15, -0.1) is 11.3 Å². The lowest BCUT2D eigenvalue weighted by atomic mass is 9.99. The lowest BCUT2D eigenvalue weighted by molar-refractivity contribution is -0.384. The number of rotatable bonds is 7. The number of carbonyl (C=O) groups excluding carboxylic acids is 1. The van der Waals surface area contributed by atoms with Gasteiger partial charge >= 0.3 is 11.7 Å². The van der Waals surface area contributed by atoms with Gasteiger partial charge in [-0.2, -0.15) is 0 Å². The number of ether oxygens (including phenoxy) is 1. The van der Waals surface area contributed by atoms with E-state index >= 15 is 0 Å². The van der Waals surface area contributed by atoms with Gasteiger partial charge in [0.15, 0.2) is 11.5 Å². The number of fused-ring (bicyclic) bond motifs is 1. The van der Waals surface area contributed by atoms with Gasteiger partial charge in [-0.1, -0.05) is 6.92 Å². The van der Waals surface area contributed by atoms with E-state index in [1.54, 1.807) is 6.92 Å². The molecule has 24 heavy (non-hydrogen) atoms. The van der Waals surface area contributed by atoms with Gasteiger partial charge in [-0.3, -0.25) is 19.7 Å². The summed E-state index contributed by atoms with van der Waals surface area (Å²) < 4.78 is 5.32. The van der Waals surface area contributed by atoms with Crippen LogP contribution in [0, 0.1) is 16.0 Å². The second-order valence-electron chi connectivity index (χ2n) is 5.13. The van der Waals surface area contributed by atoms with Gasteiger partial charge < -0.3 is 14.9 Å². The Morgan fingerprint density at radius 3 is 2.58 bits per heavy atom. The van der Waals surface area contributed by atoms with Crippen LogP contribution in [0.2, 0.25) is 0 Å². The van der Waals surface area contributed by atoms with E-state index in [9.17, 15) is 24.8 Å². The van der Waals surface area contributed by atoms with Crippen LogP contribution < -0.4 is 4.74 Å². The van der Waals surface area contributed by atoms with Crippen LogP contribution in [0.4, 0.5) is 5.69 Å². The van der Waals surface area contributed by atoms with Crippen LogP contribution in [0.5, 0.6) is 11.5 Å². The number of nitro benzene ring substituents is 1. The molecule has 8 nitrogen and oxygen atoms in total. The fourth-order valence-corrected chi connectivity index (χ4v) is 3.38. The highest BCUT2D eigenvalue weighted by molar-refractivity contribution is 7.21. The van der Waals surface area contributed by atoms with Crippen LogP contribution in [-0.4, -0.2) is 34.0 Å². The summed E-state index contributed by atoms with van der Waals surface area (Å²) in [5.41, 5.74) is -0.537. The van der Waals surface area contributed by atoms with Gasteiger partial charge in [0, 0.05) is 17.2 Å². The molecule has 2 N–H and O–H groups in total. The summed E-state index contributed by atoms with van der Waals surface area (Å²) >= 11 is 1.00. The number of nitrogens with zero attached hydrogens (tertiary/aromatic N) is 1. The lowest BCUT2D eigenvalue weighted by Crippen LogP contribution is -2.16. The van der Waals surface area contributed by atoms with Gasteiger partial charge in [0.05, 0.1) is 28.2 Å². The van der Waals surface area contributed by atoms with Crippen molar-refractivity contribution in [3.05, 3.63) is 27.1 Å². The summed E-state index contributed by atoms with van der Waals surface area (Å²) in [4.78, 5) is 34.0. The molecule has 0 bridgehead atoms. The Balaban J connectivity index is 2.51. The van der Waals surface area contributed by atoms with E-state index in [0.717, 1.165) is 11.3 Å². The zero-order chi connectivity index (χ0) is 18.0. The average molecular weight is 353 g/mol. The Kier molecular flexibility index (Phi) is 5.03. The molecule has 0 radical (unpaired) electrons. The molecule has 0 aliphatic carbocycles. The number of carbonyl (C=O) groups is 2. The second kappa shape index (κ2) is 6.83. The summed E-state index contributed by atoms with van der Waals surface area (Å²) in [7, 11) is 1.27. The van der Waals surface area contributed by atoms with E-state index in [-0.39, 0.29) is 22.4 Å². The van der Waals surface area contributed by atoms with Crippen molar-refractivity contribution in [2.75, 3.05) is 7.11 Å². The molecule has 0 saturated carbocycles. The molecule has 2 rings (SSSR count). The summed E-state index contributed by atoms with van der Waals surface area (Å²) in [6.07, 6.45) is 0.121. The van der Waals surface area contributed by atoms with Crippen molar-refractivity contribution >= 4 is 38.9 Å². The van der Waals surface area contributed by atoms with E-state index in [4.69, 9.17) is 9.84 Å². The minimum absolute atomic E-state index is 0.0629. The first-order valence-electron chi connectivity index (χ1n) is 7.04. The first-order chi connectivity index (χ1) is 11.3. The summed E-state index contributed by atoms with van der Waals surface area (Å²) in [6, 6.07) is 2.72. The number of phenols is 1. The van der Waals surface area contributed by atoms with Crippen LogP contribution in [0.1, 0.15) is 29.4 Å². The van der Waals surface area contributed by atoms with Crippen LogP contribution in [0.15, 0.2) is 12.1 Å². The summed E-state index contributed by atoms with van der Waals surface area (Å²) in [6.45, 7) is 1.67. The normalized spacial score (nSPS) is 12.1. The molecule has 0 saturated heterocycles. The number of hydrogen-bond donors (Lipinski definition) is 2. The quantitative estimate of drug-likeness (QED) is 0.444. The monoisotopic (exact) mass is 353 g/mol. The molecule has 0 amide bonds. The number of nitro groups is 1. The largest absolute Gasteiger partial charge is 0.499 e. The SMILES string of the molecule is CCC(CC(=O)c1cc2c([N+](=O)[O-])c(O)c(OC)cc2s1)C(=O)O. The molecule has 128 valence electrons. The van der Waals surface area contributed by atoms with Gasteiger partial charge in [0.1, 0.15) is 0 Å². The van der Waals surface area contributed by atoms with Crippen molar-refractivity contribution in [3.8, 4) is 11.5 Å². The standard InChI is InChI=1S/C15H15NO7S/c1-3-7(15(19)20)4-9(17)12-5-8-11(24-12)6-10(23-2)14(18)13(8)16(21)22/h5-7,18H,3-4H2,1-2H3,(H,19,20). The predicted octanol–water partition coefficient (Wildman–Crippen LogP) is 3.21. The highest BCUT2D eigenvalue weighted by atomic mass is 32.1. The first kappa shape index (κ1) is 17.7. The number of hydrogen-bond acceptors (Lipinski definition) is 7. The lowest BCUT2D eigenvalue weighted by Gasteiger charge is -2.06. The number of thiophene rings is 1. The van der Waals surface area contributed by atoms with Crippen LogP contribution in [0.25, 0.3) is 10.1 Å². The van der Waals surface area contributed by atoms with E-state index in [1.807, 2.05) is 0 Å². The number of aromatic hydroxyl groups is 1. The zero-order valence-corrected chi connectivity index (χ0v) is 13.8. The van der Waals surface area contributed by atoms with Crippen LogP contribution in [0.3, 0.4) is 0 Å². The number of aliphatic carboxylic acids is 1. The zero-order valence-electron chi connectivity index (χ0n) is 12.9. The van der Waals surface area contributed by atoms with Gasteiger partial charge in [-0.25, -0.2) is 0 Å². The van der Waals surface area contributed by atoms with Crippen LogP contribution >= 0.6 is 11.3 Å². The molecular weight excluding hydrogens is 338 g/mol. The Morgan fingerprint density at radius 2 is 2.08 bits per heavy atom. The highest BCUT2D eigenvalue weighted by Gasteiger charge is 2.27. The molecule has 1 atom stereocenters. The Bertz CT molecular complexity index is 827. The number of ketones is 1. The maximum Gasteiger partial charge on any atom is 0.323 e. The molecule has 0 aliphatic heterocycles. The van der Waals surface area contributed by atoms with Crippen molar-refractivity contribution in [2.45, 2.75) is 19.8 Å². The number of benzene rings is 1. The van der Waals surface area contributed by atoms with Gasteiger partial charge in [0.25, 0.3) is 0 Å². The fraction of sp³-hybridized carbons (Fsp3) is 0.333. The third kappa shape index (κ3) is 3.16. The van der Waals surface area contributed by atoms with Crippen molar-refractivity contribution in [1.82, 2.24) is 0 Å². The predicted molar refractivity (Wildman–Crippen MR) is 87.1 cm³/mol. The van der Waals surface area contributed by atoms with Crippen LogP contribution in [-0.2, 0) is 4.79 Å². The van der Waals surface area contributed by atoms with Gasteiger partial charge in [-0.05, 0) is 12.5 Å². The maximum absolute atomic E-state index is 12.3. The maximum atomic E-state index is 12.3. The molecule has 0 aliphatic rings. The Morgan fingerprint density at radius 1 is 1.42 bits per heavy atom. The van der Waals surface area contributed by atoms with Gasteiger partial charge in [0.2, 0.25) is 5.75 Å². The molecular formula is C15H15NO7S. The smallest absolute Gasteiger partial charge is 0.323 e. The average Bonchev–Trinajstić information content (AvgIpc) is 2.94. The number of carboxylic acids is 1. The number of carboxylic acid groups (broad SMARTS) is 1. The highest BCUT2D eigenvalue weighted by Crippen LogP contribution is 2.45. The van der Waals surface area contributed by atoms with E-state index < -0.39 is 34.0 Å². The molecule has 9 heteroatoms. The molecule has 1 aromatic carbocycles. The fourth-order valence-electron chi connectivity index (χ4n) is 2.34. The minimum Gasteiger partial charge on any atom is -0.499 e. The number of phenolic OH excluding ortho intramolecular Hbond substituents is 1. The van der Waals surface area contributed by atoms with Crippen molar-refractivity contribution in [1.29, 1.82) is 0 Å². The number of methoxy groups -OCH3 is 1. The van der Waals surface area contributed by atoms with E-state index in [2.05, 4.69) is 0 Å². The van der Waals surface area contributed by atoms with E-state index in [0.29, 0.717) is 11.1 Å². The topological polar surface area (TPSA) is 127 Å². The molecule has 1 aromatic heterocycles. The third-order valence-corrected chi connectivity index (χ3v) is 4.81. The van der Waals surface area contributed by atoms with Crippen molar-refractivity contribution in [3.63, 3.8) is 0 Å². The molecule has 0 fully saturated rings. The molecule has 1 heterocycles. The van der Waals surface area contributed by atoms with Crippen molar-refractivity contribution in [2.24, 2.45) is 5.92 Å². The molecule has 0 spiro atoms. The minimum atomic E-state index is -1.06. The Labute approximate surface area is 140 Å². The van der Waals surface area contributed by atoms with Crippen molar-refractivity contribution < 1.29 is 29.5 Å². The van der Waals surface area contributed by atoms with E-state index in [1.165, 1.54) is 19.2 Å². The molecule has 1 unspecified atom stereocenters. The summed E-state index contributed by atoms with van der Waals surface area (Å²) in [5.74, 6) is -2.94. The summed E-state index contributed by atoms with van der Waals surface area (Å²) in [5, 5.41) is 30.3.